The summed E-state index contributed by atoms with van der Waals surface area (Å²) in [5.41, 5.74) is 1.62. The van der Waals surface area contributed by atoms with Crippen molar-refractivity contribution in [3.05, 3.63) is 35.4 Å². The van der Waals surface area contributed by atoms with Crippen molar-refractivity contribution in [1.82, 2.24) is 4.90 Å². The molecular weight excluding hydrogens is 306 g/mol. The number of hydrogen-bond donors (Lipinski definition) is 0. The molecule has 0 bridgehead atoms. The number of ketones is 1. The third kappa shape index (κ3) is 4.66. The van der Waals surface area contributed by atoms with Gasteiger partial charge in [-0.15, -0.1) is 0 Å². The molecule has 1 heterocycles. The Hall–Kier alpha value is -2.17. The number of rotatable bonds is 6. The molecule has 0 unspecified atom stereocenters. The summed E-state index contributed by atoms with van der Waals surface area (Å²) in [5, 5.41) is 0. The molecule has 0 aliphatic carbocycles. The minimum absolute atomic E-state index is 0.00265. The predicted octanol–water partition coefficient (Wildman–Crippen LogP) is 2.76. The van der Waals surface area contributed by atoms with Gasteiger partial charge in [-0.05, 0) is 32.3 Å². The third-order valence-corrected chi connectivity index (χ3v) is 4.48. The molecule has 0 saturated carbocycles. The number of esters is 1. The fourth-order valence-electron chi connectivity index (χ4n) is 3.02. The zero-order chi connectivity index (χ0) is 17.5. The monoisotopic (exact) mass is 331 g/mol. The molecular formula is C19H25NO4. The number of nitrogens with zero attached hydrogens (tertiary/aromatic N) is 1. The summed E-state index contributed by atoms with van der Waals surface area (Å²) in [4.78, 5) is 38.0. The normalized spacial score (nSPS) is 15.2. The molecule has 24 heavy (non-hydrogen) atoms. The van der Waals surface area contributed by atoms with Crippen LogP contribution in [0.1, 0.15) is 48.5 Å². The highest BCUT2D eigenvalue weighted by molar-refractivity contribution is 5.99. The summed E-state index contributed by atoms with van der Waals surface area (Å²) in [6.45, 7) is 5.19. The standard InChI is InChI=1S/C19H25NO4/c1-3-24-19(23)15-10-12-20(13-11-15)18(22)9-8-17(21)16-7-5-4-6-14(16)2/h4-7,15H,3,8-13H2,1-2H3. The quantitative estimate of drug-likeness (QED) is 0.594. The van der Waals surface area contributed by atoms with Crippen LogP contribution in [-0.2, 0) is 14.3 Å². The van der Waals surface area contributed by atoms with E-state index < -0.39 is 0 Å². The van der Waals surface area contributed by atoms with Crippen molar-refractivity contribution in [2.75, 3.05) is 19.7 Å². The summed E-state index contributed by atoms with van der Waals surface area (Å²) < 4.78 is 5.03. The molecule has 0 radical (unpaired) electrons. The van der Waals surface area contributed by atoms with Crippen molar-refractivity contribution in [2.24, 2.45) is 5.92 Å². The molecule has 1 amide bonds. The van der Waals surface area contributed by atoms with Crippen LogP contribution in [-0.4, -0.2) is 42.3 Å². The number of carbonyl (C=O) groups excluding carboxylic acids is 3. The van der Waals surface area contributed by atoms with Gasteiger partial charge in [-0.2, -0.15) is 0 Å². The van der Waals surface area contributed by atoms with E-state index in [4.69, 9.17) is 4.74 Å². The molecule has 0 aromatic heterocycles. The SMILES string of the molecule is CCOC(=O)C1CCN(C(=O)CCC(=O)c2ccccc2C)CC1. The summed E-state index contributed by atoms with van der Waals surface area (Å²) in [7, 11) is 0. The minimum atomic E-state index is -0.167. The van der Waals surface area contributed by atoms with Crippen LogP contribution in [0.5, 0.6) is 0 Å². The third-order valence-electron chi connectivity index (χ3n) is 4.48. The van der Waals surface area contributed by atoms with E-state index in [2.05, 4.69) is 0 Å². The number of piperidine rings is 1. The van der Waals surface area contributed by atoms with Gasteiger partial charge in [0.2, 0.25) is 5.91 Å². The second-order valence-electron chi connectivity index (χ2n) is 6.15. The van der Waals surface area contributed by atoms with Crippen LogP contribution >= 0.6 is 0 Å². The van der Waals surface area contributed by atoms with Gasteiger partial charge in [0, 0.05) is 31.5 Å². The van der Waals surface area contributed by atoms with Crippen molar-refractivity contribution in [3.63, 3.8) is 0 Å². The van der Waals surface area contributed by atoms with E-state index in [-0.39, 0.29) is 36.4 Å². The van der Waals surface area contributed by atoms with E-state index in [1.807, 2.05) is 25.1 Å². The number of ether oxygens (including phenoxy) is 1. The molecule has 5 nitrogen and oxygen atoms in total. The Labute approximate surface area is 143 Å². The summed E-state index contributed by atoms with van der Waals surface area (Å²) >= 11 is 0. The van der Waals surface area contributed by atoms with Crippen molar-refractivity contribution in [3.8, 4) is 0 Å². The van der Waals surface area contributed by atoms with Crippen LogP contribution in [0.4, 0.5) is 0 Å². The molecule has 5 heteroatoms. The van der Waals surface area contributed by atoms with Gasteiger partial charge in [0.1, 0.15) is 0 Å². The first kappa shape index (κ1) is 18.2. The van der Waals surface area contributed by atoms with E-state index in [1.165, 1.54) is 0 Å². The maximum absolute atomic E-state index is 12.3. The number of aryl methyl sites for hydroxylation is 1. The van der Waals surface area contributed by atoms with Crippen LogP contribution in [0.3, 0.4) is 0 Å². The second-order valence-corrected chi connectivity index (χ2v) is 6.15. The fourth-order valence-corrected chi connectivity index (χ4v) is 3.02. The van der Waals surface area contributed by atoms with E-state index in [0.29, 0.717) is 38.1 Å². The Morgan fingerprint density at radius 3 is 2.42 bits per heavy atom. The molecule has 0 N–H and O–H groups in total. The number of carbonyl (C=O) groups is 3. The second kappa shape index (κ2) is 8.62. The van der Waals surface area contributed by atoms with E-state index >= 15 is 0 Å². The number of Topliss-reactive ketones (excluding diaryl/α,β-unsaturated/α-hetero) is 1. The maximum Gasteiger partial charge on any atom is 0.309 e. The lowest BCUT2D eigenvalue weighted by Gasteiger charge is -2.30. The van der Waals surface area contributed by atoms with Crippen LogP contribution in [0, 0.1) is 12.8 Å². The van der Waals surface area contributed by atoms with Gasteiger partial charge in [0.05, 0.1) is 12.5 Å². The highest BCUT2D eigenvalue weighted by atomic mass is 16.5. The first-order valence-corrected chi connectivity index (χ1v) is 8.56. The molecule has 130 valence electrons. The van der Waals surface area contributed by atoms with Crippen LogP contribution in [0.25, 0.3) is 0 Å². The minimum Gasteiger partial charge on any atom is -0.466 e. The molecule has 0 spiro atoms. The Balaban J connectivity index is 1.79. The van der Waals surface area contributed by atoms with Gasteiger partial charge in [0.25, 0.3) is 0 Å². The molecule has 0 atom stereocenters. The predicted molar refractivity (Wildman–Crippen MR) is 90.7 cm³/mol. The van der Waals surface area contributed by atoms with Crippen LogP contribution in [0.15, 0.2) is 24.3 Å². The highest BCUT2D eigenvalue weighted by Gasteiger charge is 2.28. The van der Waals surface area contributed by atoms with Crippen LogP contribution in [0.2, 0.25) is 0 Å². The Bertz CT molecular complexity index is 603. The molecule has 2 rings (SSSR count). The first-order chi connectivity index (χ1) is 11.5. The van der Waals surface area contributed by atoms with Gasteiger partial charge < -0.3 is 9.64 Å². The number of likely N-dealkylation sites (tertiary alicyclic amines) is 1. The van der Waals surface area contributed by atoms with E-state index in [1.54, 1.807) is 17.9 Å². The van der Waals surface area contributed by atoms with Gasteiger partial charge in [-0.1, -0.05) is 24.3 Å². The summed E-state index contributed by atoms with van der Waals surface area (Å²) in [5.74, 6) is -0.288. The van der Waals surface area contributed by atoms with Gasteiger partial charge in [-0.3, -0.25) is 14.4 Å². The molecule has 1 aromatic rings. The average molecular weight is 331 g/mol. The largest absolute Gasteiger partial charge is 0.466 e. The molecule has 1 aliphatic heterocycles. The smallest absolute Gasteiger partial charge is 0.309 e. The van der Waals surface area contributed by atoms with Gasteiger partial charge >= 0.3 is 5.97 Å². The Morgan fingerprint density at radius 2 is 1.79 bits per heavy atom. The zero-order valence-electron chi connectivity index (χ0n) is 14.4. The Kier molecular flexibility index (Phi) is 6.53. The van der Waals surface area contributed by atoms with Crippen LogP contribution < -0.4 is 0 Å². The lowest BCUT2D eigenvalue weighted by atomic mass is 9.96. The molecule has 1 saturated heterocycles. The lowest BCUT2D eigenvalue weighted by molar-refractivity contribution is -0.151. The highest BCUT2D eigenvalue weighted by Crippen LogP contribution is 2.20. The van der Waals surface area contributed by atoms with Crippen molar-refractivity contribution < 1.29 is 19.1 Å². The van der Waals surface area contributed by atoms with E-state index in [9.17, 15) is 14.4 Å². The number of amides is 1. The topological polar surface area (TPSA) is 63.7 Å². The summed E-state index contributed by atoms with van der Waals surface area (Å²) in [6, 6.07) is 7.43. The van der Waals surface area contributed by atoms with Crippen molar-refractivity contribution in [2.45, 2.75) is 39.5 Å². The lowest BCUT2D eigenvalue weighted by Crippen LogP contribution is -2.40. The fraction of sp³-hybridized carbons (Fsp3) is 0.526. The average Bonchev–Trinajstić information content (AvgIpc) is 2.60. The van der Waals surface area contributed by atoms with Gasteiger partial charge in [0.15, 0.2) is 5.78 Å². The summed E-state index contributed by atoms with van der Waals surface area (Å²) in [6.07, 6.45) is 1.71. The molecule has 1 aliphatic rings. The van der Waals surface area contributed by atoms with Gasteiger partial charge in [-0.25, -0.2) is 0 Å². The molecule has 1 fully saturated rings. The number of hydrogen-bond acceptors (Lipinski definition) is 4. The van der Waals surface area contributed by atoms with Crippen molar-refractivity contribution in [1.29, 1.82) is 0 Å². The number of benzene rings is 1. The first-order valence-electron chi connectivity index (χ1n) is 8.56. The maximum atomic E-state index is 12.3. The molecule has 1 aromatic carbocycles. The Morgan fingerprint density at radius 1 is 1.12 bits per heavy atom. The zero-order valence-corrected chi connectivity index (χ0v) is 14.4. The van der Waals surface area contributed by atoms with E-state index in [0.717, 1.165) is 5.56 Å². The van der Waals surface area contributed by atoms with Crippen molar-refractivity contribution >= 4 is 17.7 Å².